The number of amides is 1. The third-order valence-electron chi connectivity index (χ3n) is 3.88. The molecule has 0 aliphatic carbocycles. The molecule has 1 aromatic rings. The summed E-state index contributed by atoms with van der Waals surface area (Å²) in [6.45, 7) is 7.46. The van der Waals surface area contributed by atoms with Crippen LogP contribution >= 0.6 is 15.9 Å². The number of nitrogens with zero attached hydrogens (tertiary/aromatic N) is 1. The number of carbonyl (C=O) groups is 2. The van der Waals surface area contributed by atoms with Crippen LogP contribution in [0.15, 0.2) is 28.7 Å². The van der Waals surface area contributed by atoms with Gasteiger partial charge < -0.3 is 19.5 Å². The van der Waals surface area contributed by atoms with Crippen molar-refractivity contribution in [1.82, 2.24) is 4.90 Å². The van der Waals surface area contributed by atoms with Gasteiger partial charge in [0.2, 0.25) is 0 Å². The zero-order chi connectivity index (χ0) is 17.9. The Kier molecular flexibility index (Phi) is 5.87. The first-order valence-electron chi connectivity index (χ1n) is 7.96. The van der Waals surface area contributed by atoms with Crippen molar-refractivity contribution in [3.8, 4) is 0 Å². The SMILES string of the molecule is CC(C)(C)OC(=O)N1CC[NH+]([C@H](C(=O)[O-])c2cccc(Br)c2)CC1. The number of carboxylic acid groups (broad SMARTS) is 1. The molecule has 2 rings (SSSR count). The van der Waals surface area contributed by atoms with Crippen molar-refractivity contribution in [2.75, 3.05) is 26.2 Å². The molecule has 1 atom stereocenters. The highest BCUT2D eigenvalue weighted by atomic mass is 79.9. The Hall–Kier alpha value is -1.60. The minimum Gasteiger partial charge on any atom is -0.544 e. The summed E-state index contributed by atoms with van der Waals surface area (Å²) in [5.74, 6) is -1.10. The van der Waals surface area contributed by atoms with E-state index >= 15 is 0 Å². The van der Waals surface area contributed by atoms with Crippen LogP contribution in [0.3, 0.4) is 0 Å². The quantitative estimate of drug-likeness (QED) is 0.798. The van der Waals surface area contributed by atoms with Gasteiger partial charge in [0.05, 0.1) is 26.2 Å². The Morgan fingerprint density at radius 2 is 1.92 bits per heavy atom. The van der Waals surface area contributed by atoms with Crippen LogP contribution < -0.4 is 10.0 Å². The first-order valence-corrected chi connectivity index (χ1v) is 8.75. The Morgan fingerprint density at radius 3 is 2.42 bits per heavy atom. The molecule has 1 amide bonds. The van der Waals surface area contributed by atoms with Crippen molar-refractivity contribution in [3.63, 3.8) is 0 Å². The van der Waals surface area contributed by atoms with Gasteiger partial charge in [-0.05, 0) is 32.9 Å². The van der Waals surface area contributed by atoms with Crippen molar-refractivity contribution in [2.24, 2.45) is 0 Å². The topological polar surface area (TPSA) is 74.1 Å². The van der Waals surface area contributed by atoms with E-state index in [9.17, 15) is 14.7 Å². The lowest BCUT2D eigenvalue weighted by Gasteiger charge is -2.37. The van der Waals surface area contributed by atoms with Crippen LogP contribution in [0, 0.1) is 0 Å². The Morgan fingerprint density at radius 1 is 1.29 bits per heavy atom. The molecule has 1 aromatic carbocycles. The molecule has 0 saturated carbocycles. The second kappa shape index (κ2) is 7.53. The summed E-state index contributed by atoms with van der Waals surface area (Å²) in [5.41, 5.74) is 0.162. The van der Waals surface area contributed by atoms with Crippen LogP contribution in [-0.4, -0.2) is 48.7 Å². The summed E-state index contributed by atoms with van der Waals surface area (Å²) >= 11 is 3.37. The molecule has 1 aliphatic rings. The van der Waals surface area contributed by atoms with E-state index in [-0.39, 0.29) is 6.09 Å². The summed E-state index contributed by atoms with van der Waals surface area (Å²) in [7, 11) is 0. The van der Waals surface area contributed by atoms with Gasteiger partial charge in [0.15, 0.2) is 6.04 Å². The highest BCUT2D eigenvalue weighted by molar-refractivity contribution is 9.10. The standard InChI is InChI=1S/C17H23BrN2O4/c1-17(2,3)24-16(23)20-9-7-19(8-10-20)14(15(21)22)12-5-4-6-13(18)11-12/h4-6,11,14H,7-10H2,1-3H3,(H,21,22)/t14-/m0/s1. The van der Waals surface area contributed by atoms with Gasteiger partial charge in [0.1, 0.15) is 11.6 Å². The van der Waals surface area contributed by atoms with Crippen molar-refractivity contribution in [1.29, 1.82) is 0 Å². The monoisotopic (exact) mass is 398 g/mol. The first-order chi connectivity index (χ1) is 11.2. The number of carbonyl (C=O) groups excluding carboxylic acids is 2. The molecule has 132 valence electrons. The lowest BCUT2D eigenvalue weighted by Crippen LogP contribution is -3.16. The molecule has 1 aliphatic heterocycles. The molecular formula is C17H23BrN2O4. The van der Waals surface area contributed by atoms with Crippen LogP contribution in [0.4, 0.5) is 4.79 Å². The van der Waals surface area contributed by atoms with Crippen LogP contribution in [0.5, 0.6) is 0 Å². The van der Waals surface area contributed by atoms with E-state index in [0.29, 0.717) is 31.7 Å². The third kappa shape index (κ3) is 4.95. The smallest absolute Gasteiger partial charge is 0.410 e. The summed E-state index contributed by atoms with van der Waals surface area (Å²) in [6.07, 6.45) is -0.353. The lowest BCUT2D eigenvalue weighted by atomic mass is 10.0. The number of aliphatic carboxylic acids is 1. The van der Waals surface area contributed by atoms with Gasteiger partial charge in [0.25, 0.3) is 0 Å². The van der Waals surface area contributed by atoms with E-state index in [4.69, 9.17) is 4.74 Å². The number of hydrogen-bond donors (Lipinski definition) is 1. The number of piperazine rings is 1. The number of rotatable bonds is 3. The van der Waals surface area contributed by atoms with E-state index in [2.05, 4.69) is 15.9 Å². The molecule has 0 spiro atoms. The molecule has 0 unspecified atom stereocenters. The molecule has 1 saturated heterocycles. The lowest BCUT2D eigenvalue weighted by molar-refractivity contribution is -0.928. The fraction of sp³-hybridized carbons (Fsp3) is 0.529. The van der Waals surface area contributed by atoms with Gasteiger partial charge in [-0.1, -0.05) is 28.1 Å². The van der Waals surface area contributed by atoms with Crippen molar-refractivity contribution in [3.05, 3.63) is 34.3 Å². The second-order valence-electron chi connectivity index (χ2n) is 6.93. The minimum absolute atomic E-state index is 0.353. The van der Waals surface area contributed by atoms with Crippen LogP contribution in [-0.2, 0) is 9.53 Å². The zero-order valence-corrected chi connectivity index (χ0v) is 15.8. The molecule has 1 heterocycles. The van der Waals surface area contributed by atoms with E-state index in [0.717, 1.165) is 9.37 Å². The average molecular weight is 399 g/mol. The normalized spacial score (nSPS) is 17.4. The largest absolute Gasteiger partial charge is 0.544 e. The van der Waals surface area contributed by atoms with Gasteiger partial charge in [0, 0.05) is 10.0 Å². The summed E-state index contributed by atoms with van der Waals surface area (Å²) in [4.78, 5) is 26.3. The minimum atomic E-state index is -1.10. The first kappa shape index (κ1) is 18.7. The Balaban J connectivity index is 2.04. The number of halogens is 1. The fourth-order valence-corrected chi connectivity index (χ4v) is 3.23. The maximum atomic E-state index is 12.1. The fourth-order valence-electron chi connectivity index (χ4n) is 2.82. The van der Waals surface area contributed by atoms with Crippen molar-refractivity contribution >= 4 is 28.0 Å². The highest BCUT2D eigenvalue weighted by Crippen LogP contribution is 2.17. The molecule has 7 heteroatoms. The van der Waals surface area contributed by atoms with Gasteiger partial charge in [-0.25, -0.2) is 4.79 Å². The number of hydrogen-bond acceptors (Lipinski definition) is 4. The van der Waals surface area contributed by atoms with Gasteiger partial charge in [-0.15, -0.1) is 0 Å². The maximum Gasteiger partial charge on any atom is 0.410 e. The maximum absolute atomic E-state index is 12.1. The third-order valence-corrected chi connectivity index (χ3v) is 4.38. The van der Waals surface area contributed by atoms with Gasteiger partial charge in [-0.3, -0.25) is 4.90 Å². The molecule has 0 bridgehead atoms. The van der Waals surface area contributed by atoms with E-state index in [1.54, 1.807) is 17.0 Å². The van der Waals surface area contributed by atoms with Crippen LogP contribution in [0.1, 0.15) is 32.4 Å². The number of benzene rings is 1. The molecular weight excluding hydrogens is 376 g/mol. The Labute approximate surface area is 150 Å². The molecule has 1 N–H and O–H groups in total. The van der Waals surface area contributed by atoms with E-state index in [1.807, 2.05) is 32.9 Å². The van der Waals surface area contributed by atoms with E-state index in [1.165, 1.54) is 0 Å². The summed E-state index contributed by atoms with van der Waals surface area (Å²) in [6, 6.07) is 6.51. The van der Waals surface area contributed by atoms with Crippen molar-refractivity contribution in [2.45, 2.75) is 32.4 Å². The number of ether oxygens (including phenoxy) is 1. The highest BCUT2D eigenvalue weighted by Gasteiger charge is 2.33. The number of quaternary nitrogens is 1. The molecule has 6 nitrogen and oxygen atoms in total. The molecule has 1 fully saturated rings. The number of nitrogens with one attached hydrogen (secondary N) is 1. The molecule has 0 radical (unpaired) electrons. The van der Waals surface area contributed by atoms with Gasteiger partial charge in [-0.2, -0.15) is 0 Å². The molecule has 24 heavy (non-hydrogen) atoms. The van der Waals surface area contributed by atoms with E-state index < -0.39 is 17.6 Å². The van der Waals surface area contributed by atoms with Crippen LogP contribution in [0.25, 0.3) is 0 Å². The summed E-state index contributed by atoms with van der Waals surface area (Å²) in [5, 5.41) is 11.7. The van der Waals surface area contributed by atoms with Gasteiger partial charge >= 0.3 is 6.09 Å². The number of carboxylic acids is 1. The summed E-state index contributed by atoms with van der Waals surface area (Å²) < 4.78 is 6.20. The van der Waals surface area contributed by atoms with Crippen molar-refractivity contribution < 1.29 is 24.3 Å². The predicted octanol–water partition coefficient (Wildman–Crippen LogP) is 0.376. The Bertz CT molecular complexity index is 607. The average Bonchev–Trinajstić information content (AvgIpc) is 2.46. The molecule has 0 aromatic heterocycles. The van der Waals surface area contributed by atoms with Crippen LogP contribution in [0.2, 0.25) is 0 Å². The second-order valence-corrected chi connectivity index (χ2v) is 7.85. The predicted molar refractivity (Wildman–Crippen MR) is 90.4 cm³/mol. The zero-order valence-electron chi connectivity index (χ0n) is 14.2.